The van der Waals surface area contributed by atoms with Crippen LogP contribution in [-0.2, 0) is 9.59 Å². The second kappa shape index (κ2) is 12.0. The largest absolute Gasteiger partial charge is 0.481 e. The van der Waals surface area contributed by atoms with E-state index in [9.17, 15) is 14.7 Å². The van der Waals surface area contributed by atoms with E-state index in [4.69, 9.17) is 5.11 Å². The maximum Gasteiger partial charge on any atom is 0.303 e. The SMILES string of the molecule is CCCCCC1=C(/C=C/[C@H](O)CCCCCCC(=O)O)C(=O)CC1. The van der Waals surface area contributed by atoms with Crippen LogP contribution in [0.25, 0.3) is 0 Å². The Morgan fingerprint density at radius 2 is 1.88 bits per heavy atom. The van der Waals surface area contributed by atoms with Crippen LogP contribution in [0.5, 0.6) is 0 Å². The van der Waals surface area contributed by atoms with Crippen molar-refractivity contribution in [1.82, 2.24) is 0 Å². The van der Waals surface area contributed by atoms with Crippen LogP contribution in [0.1, 0.15) is 84.0 Å². The Hall–Kier alpha value is -1.42. The number of carbonyl (C=O) groups is 2. The molecule has 0 fully saturated rings. The van der Waals surface area contributed by atoms with Gasteiger partial charge in [0.25, 0.3) is 0 Å². The molecule has 0 aromatic heterocycles. The molecule has 0 saturated heterocycles. The molecule has 0 radical (unpaired) electrons. The summed E-state index contributed by atoms with van der Waals surface area (Å²) in [6.45, 7) is 2.17. The molecule has 0 aromatic carbocycles. The number of hydrogen-bond acceptors (Lipinski definition) is 3. The van der Waals surface area contributed by atoms with Gasteiger partial charge in [-0.05, 0) is 32.1 Å². The Morgan fingerprint density at radius 3 is 2.58 bits per heavy atom. The predicted octanol–water partition coefficient (Wildman–Crippen LogP) is 4.57. The fraction of sp³-hybridized carbons (Fsp3) is 0.700. The van der Waals surface area contributed by atoms with Gasteiger partial charge in [-0.2, -0.15) is 0 Å². The highest BCUT2D eigenvalue weighted by Crippen LogP contribution is 2.28. The van der Waals surface area contributed by atoms with Crippen LogP contribution in [0.15, 0.2) is 23.3 Å². The number of rotatable bonds is 13. The molecule has 1 rings (SSSR count). The molecule has 1 aliphatic rings. The van der Waals surface area contributed by atoms with E-state index in [0.717, 1.165) is 44.1 Å². The molecule has 4 nitrogen and oxygen atoms in total. The highest BCUT2D eigenvalue weighted by molar-refractivity contribution is 6.01. The molecule has 1 atom stereocenters. The average molecular weight is 336 g/mol. The molecule has 0 aromatic rings. The van der Waals surface area contributed by atoms with Crippen LogP contribution in [-0.4, -0.2) is 28.1 Å². The Morgan fingerprint density at radius 1 is 1.12 bits per heavy atom. The van der Waals surface area contributed by atoms with Crippen molar-refractivity contribution >= 4 is 11.8 Å². The first kappa shape index (κ1) is 20.6. The van der Waals surface area contributed by atoms with Crippen LogP contribution < -0.4 is 0 Å². The number of allylic oxidation sites excluding steroid dienone is 3. The molecule has 0 heterocycles. The van der Waals surface area contributed by atoms with Crippen LogP contribution in [0.3, 0.4) is 0 Å². The monoisotopic (exact) mass is 336 g/mol. The van der Waals surface area contributed by atoms with E-state index in [-0.39, 0.29) is 12.2 Å². The molecule has 0 saturated carbocycles. The van der Waals surface area contributed by atoms with Gasteiger partial charge in [0.2, 0.25) is 0 Å². The highest BCUT2D eigenvalue weighted by atomic mass is 16.4. The quantitative estimate of drug-likeness (QED) is 0.483. The summed E-state index contributed by atoms with van der Waals surface area (Å²) in [6, 6.07) is 0. The van der Waals surface area contributed by atoms with Crippen LogP contribution >= 0.6 is 0 Å². The number of ketones is 1. The molecule has 0 amide bonds. The fourth-order valence-electron chi connectivity index (χ4n) is 3.08. The van der Waals surface area contributed by atoms with Crippen LogP contribution in [0, 0.1) is 0 Å². The molecule has 2 N–H and O–H groups in total. The summed E-state index contributed by atoms with van der Waals surface area (Å²) in [5, 5.41) is 18.6. The molecule has 1 aliphatic carbocycles. The first-order valence-corrected chi connectivity index (χ1v) is 9.37. The molecule has 136 valence electrons. The van der Waals surface area contributed by atoms with Gasteiger partial charge in [-0.1, -0.05) is 56.8 Å². The molecular weight excluding hydrogens is 304 g/mol. The maximum absolute atomic E-state index is 12.0. The lowest BCUT2D eigenvalue weighted by molar-refractivity contribution is -0.137. The zero-order valence-corrected chi connectivity index (χ0v) is 14.9. The third-order valence-corrected chi connectivity index (χ3v) is 4.54. The smallest absolute Gasteiger partial charge is 0.303 e. The predicted molar refractivity (Wildman–Crippen MR) is 95.9 cm³/mol. The second-order valence-electron chi connectivity index (χ2n) is 6.67. The maximum atomic E-state index is 12.0. The summed E-state index contributed by atoms with van der Waals surface area (Å²) in [5.74, 6) is -0.541. The molecular formula is C20H32O4. The number of hydrogen-bond donors (Lipinski definition) is 2. The third kappa shape index (κ3) is 8.44. The van der Waals surface area contributed by atoms with Gasteiger partial charge in [0, 0.05) is 18.4 Å². The second-order valence-corrected chi connectivity index (χ2v) is 6.67. The number of aliphatic carboxylic acids is 1. The topological polar surface area (TPSA) is 74.6 Å². The first-order chi connectivity index (χ1) is 11.5. The zero-order chi connectivity index (χ0) is 17.8. The van der Waals surface area contributed by atoms with Gasteiger partial charge in [-0.3, -0.25) is 9.59 Å². The lowest BCUT2D eigenvalue weighted by Crippen LogP contribution is -2.03. The number of aliphatic hydroxyl groups excluding tert-OH is 1. The summed E-state index contributed by atoms with van der Waals surface area (Å²) < 4.78 is 0. The summed E-state index contributed by atoms with van der Waals surface area (Å²) in [4.78, 5) is 22.4. The van der Waals surface area contributed by atoms with Gasteiger partial charge >= 0.3 is 5.97 Å². The van der Waals surface area contributed by atoms with Crippen molar-refractivity contribution in [3.8, 4) is 0 Å². The van der Waals surface area contributed by atoms with E-state index in [1.165, 1.54) is 18.4 Å². The molecule has 0 bridgehead atoms. The van der Waals surface area contributed by atoms with Gasteiger partial charge < -0.3 is 10.2 Å². The van der Waals surface area contributed by atoms with Crippen LogP contribution in [0.2, 0.25) is 0 Å². The Kier molecular flexibility index (Phi) is 10.3. The number of unbranched alkanes of at least 4 members (excludes halogenated alkanes) is 5. The third-order valence-electron chi connectivity index (χ3n) is 4.54. The van der Waals surface area contributed by atoms with Crippen molar-refractivity contribution in [3.05, 3.63) is 23.3 Å². The molecule has 0 unspecified atom stereocenters. The number of Topliss-reactive ketones (excluding diaryl/α,β-unsaturated/α-hetero) is 1. The fourth-order valence-corrected chi connectivity index (χ4v) is 3.08. The van der Waals surface area contributed by atoms with Crippen molar-refractivity contribution in [3.63, 3.8) is 0 Å². The number of carboxylic acid groups (broad SMARTS) is 1. The van der Waals surface area contributed by atoms with E-state index >= 15 is 0 Å². The lowest BCUT2D eigenvalue weighted by atomic mass is 10.0. The van der Waals surface area contributed by atoms with Crippen LogP contribution in [0.4, 0.5) is 0 Å². The molecule has 0 aliphatic heterocycles. The van der Waals surface area contributed by atoms with Crippen molar-refractivity contribution in [2.75, 3.05) is 0 Å². The Balaban J connectivity index is 2.32. The van der Waals surface area contributed by atoms with E-state index in [2.05, 4.69) is 6.92 Å². The van der Waals surface area contributed by atoms with Gasteiger partial charge in [0.1, 0.15) is 0 Å². The van der Waals surface area contributed by atoms with Crippen molar-refractivity contribution in [2.45, 2.75) is 90.1 Å². The molecule has 0 spiro atoms. The van der Waals surface area contributed by atoms with E-state index in [0.29, 0.717) is 19.3 Å². The number of aliphatic hydroxyl groups is 1. The van der Waals surface area contributed by atoms with E-state index in [1.54, 1.807) is 6.08 Å². The van der Waals surface area contributed by atoms with E-state index < -0.39 is 12.1 Å². The summed E-state index contributed by atoms with van der Waals surface area (Å²) >= 11 is 0. The minimum absolute atomic E-state index is 0.207. The van der Waals surface area contributed by atoms with Gasteiger partial charge in [0.05, 0.1) is 6.10 Å². The first-order valence-electron chi connectivity index (χ1n) is 9.37. The normalized spacial score (nSPS) is 16.3. The zero-order valence-electron chi connectivity index (χ0n) is 14.9. The van der Waals surface area contributed by atoms with Crippen molar-refractivity contribution in [2.24, 2.45) is 0 Å². The number of carbonyl (C=O) groups excluding carboxylic acids is 1. The summed E-state index contributed by atoms with van der Waals surface area (Å²) in [5.41, 5.74) is 2.08. The van der Waals surface area contributed by atoms with Crippen molar-refractivity contribution < 1.29 is 19.8 Å². The molecule has 4 heteroatoms. The lowest BCUT2D eigenvalue weighted by Gasteiger charge is -2.06. The van der Waals surface area contributed by atoms with Gasteiger partial charge in [-0.15, -0.1) is 0 Å². The van der Waals surface area contributed by atoms with Gasteiger partial charge in [-0.25, -0.2) is 0 Å². The summed E-state index contributed by atoms with van der Waals surface area (Å²) in [7, 11) is 0. The van der Waals surface area contributed by atoms with E-state index in [1.807, 2.05) is 6.08 Å². The Bertz CT molecular complexity index is 462. The number of carboxylic acids is 1. The highest BCUT2D eigenvalue weighted by Gasteiger charge is 2.20. The minimum Gasteiger partial charge on any atom is -0.481 e. The average Bonchev–Trinajstić information content (AvgIpc) is 2.89. The Labute approximate surface area is 145 Å². The van der Waals surface area contributed by atoms with Gasteiger partial charge in [0.15, 0.2) is 5.78 Å². The molecule has 24 heavy (non-hydrogen) atoms. The minimum atomic E-state index is -0.748. The standard InChI is InChI=1S/C20H32O4/c1-2-3-6-9-16-12-15-19(22)18(16)14-13-17(21)10-7-4-5-8-11-20(23)24/h13-14,17,21H,2-12,15H2,1H3,(H,23,24)/b14-13+/t17-/m1/s1. The summed E-state index contributed by atoms with van der Waals surface area (Å²) in [6.07, 6.45) is 13.3. The van der Waals surface area contributed by atoms with Crippen molar-refractivity contribution in [1.29, 1.82) is 0 Å².